The lowest BCUT2D eigenvalue weighted by Crippen LogP contribution is -2.95. The molecule has 0 unspecified atom stereocenters. The third-order valence-corrected chi connectivity index (χ3v) is 4.45. The van der Waals surface area contributed by atoms with Crippen molar-refractivity contribution in [2.45, 2.75) is 39.3 Å². The number of hydrogen-bond acceptors (Lipinski definition) is 2. The fraction of sp³-hybridized carbons (Fsp3) is 0.381. The summed E-state index contributed by atoms with van der Waals surface area (Å²) in [6.45, 7) is 9.68. The van der Waals surface area contributed by atoms with Crippen molar-refractivity contribution >= 4 is 21.7 Å². The average molecular weight is 340 g/mol. The summed E-state index contributed by atoms with van der Waals surface area (Å²) in [5.41, 5.74) is 1.75. The topological polar surface area (TPSA) is 63.4 Å². The minimum absolute atomic E-state index is 0.271. The molecule has 0 saturated carbocycles. The molecule has 132 valence electrons. The molecule has 0 aliphatic rings. The van der Waals surface area contributed by atoms with Crippen LogP contribution in [0.3, 0.4) is 0 Å². The zero-order valence-electron chi connectivity index (χ0n) is 15.3. The Labute approximate surface area is 148 Å². The lowest BCUT2D eigenvalue weighted by atomic mass is 10.0. The summed E-state index contributed by atoms with van der Waals surface area (Å²) < 4.78 is 5.42. The monoisotopic (exact) mass is 340 g/mol. The highest BCUT2D eigenvalue weighted by molar-refractivity contribution is 6.06. The second kappa shape index (κ2) is 7.38. The molecule has 1 aromatic heterocycles. The lowest BCUT2D eigenvalue weighted by Gasteiger charge is -2.16. The summed E-state index contributed by atoms with van der Waals surface area (Å²) in [6.07, 6.45) is 1.15. The van der Waals surface area contributed by atoms with Crippen molar-refractivity contribution in [1.82, 2.24) is 0 Å². The Morgan fingerprint density at radius 3 is 2.64 bits per heavy atom. The predicted molar refractivity (Wildman–Crippen MR) is 102 cm³/mol. The maximum absolute atomic E-state index is 11.9. The van der Waals surface area contributed by atoms with E-state index in [9.17, 15) is 4.79 Å². The van der Waals surface area contributed by atoms with Crippen LogP contribution in [0.2, 0.25) is 0 Å². The minimum Gasteiger partial charge on any atom is -0.423 e. The summed E-state index contributed by atoms with van der Waals surface area (Å²) >= 11 is 0. The van der Waals surface area contributed by atoms with Gasteiger partial charge in [0.1, 0.15) is 12.1 Å². The molecule has 0 bridgehead atoms. The van der Waals surface area contributed by atoms with Crippen LogP contribution < -0.4 is 16.3 Å². The molecule has 3 rings (SSSR count). The van der Waals surface area contributed by atoms with Crippen molar-refractivity contribution in [3.63, 3.8) is 0 Å². The first-order valence-corrected chi connectivity index (χ1v) is 9.04. The molecule has 0 saturated heterocycles. The highest BCUT2D eigenvalue weighted by Crippen LogP contribution is 2.26. The van der Waals surface area contributed by atoms with Gasteiger partial charge in [0.2, 0.25) is 0 Å². The Morgan fingerprint density at radius 2 is 1.84 bits per heavy atom. The smallest absolute Gasteiger partial charge is 0.336 e. The van der Waals surface area contributed by atoms with Gasteiger partial charge in [-0.1, -0.05) is 30.3 Å². The van der Waals surface area contributed by atoms with E-state index in [4.69, 9.17) is 4.42 Å². The SMILES string of the molecule is CC(C)(C)[NH2+]CCC[NH2+]Cc1cc(=O)oc2ccc3ccccc3c12. The second-order valence-electron chi connectivity index (χ2n) is 7.74. The van der Waals surface area contributed by atoms with Gasteiger partial charge in [-0.25, -0.2) is 4.79 Å². The number of fused-ring (bicyclic) bond motifs is 3. The maximum Gasteiger partial charge on any atom is 0.336 e. The first kappa shape index (κ1) is 17.6. The highest BCUT2D eigenvalue weighted by Gasteiger charge is 2.13. The molecule has 0 aliphatic carbocycles. The van der Waals surface area contributed by atoms with Crippen LogP contribution in [0.15, 0.2) is 51.7 Å². The van der Waals surface area contributed by atoms with Crippen LogP contribution in [0.1, 0.15) is 32.8 Å². The number of benzene rings is 2. The van der Waals surface area contributed by atoms with Gasteiger partial charge < -0.3 is 15.1 Å². The van der Waals surface area contributed by atoms with E-state index in [1.165, 1.54) is 5.39 Å². The zero-order chi connectivity index (χ0) is 17.9. The maximum atomic E-state index is 11.9. The molecule has 25 heavy (non-hydrogen) atoms. The van der Waals surface area contributed by atoms with Crippen LogP contribution in [0, 0.1) is 0 Å². The second-order valence-corrected chi connectivity index (χ2v) is 7.74. The molecule has 0 aliphatic heterocycles. The summed E-state index contributed by atoms with van der Waals surface area (Å²) in [5.74, 6) is 0. The van der Waals surface area contributed by atoms with Gasteiger partial charge >= 0.3 is 5.63 Å². The summed E-state index contributed by atoms with van der Waals surface area (Å²) in [6, 6.07) is 13.8. The van der Waals surface area contributed by atoms with Gasteiger partial charge in [-0.3, -0.25) is 0 Å². The van der Waals surface area contributed by atoms with Crippen molar-refractivity contribution in [2.75, 3.05) is 13.1 Å². The third-order valence-electron chi connectivity index (χ3n) is 4.45. The average Bonchev–Trinajstić information content (AvgIpc) is 2.56. The molecule has 0 amide bonds. The number of hydrogen-bond donors (Lipinski definition) is 2. The molecule has 0 atom stereocenters. The number of rotatable bonds is 6. The summed E-state index contributed by atoms with van der Waals surface area (Å²) in [7, 11) is 0. The molecule has 4 N–H and O–H groups in total. The van der Waals surface area contributed by atoms with Crippen LogP contribution in [-0.4, -0.2) is 18.6 Å². The molecule has 4 heteroatoms. The third kappa shape index (κ3) is 4.47. The molecule has 3 aromatic rings. The summed E-state index contributed by atoms with van der Waals surface area (Å²) in [5, 5.41) is 8.04. The quantitative estimate of drug-likeness (QED) is 0.408. The standard InChI is InChI=1S/C21H26N2O2/c1-21(2,3)23-12-6-11-22-14-16-13-19(24)25-18-10-9-15-7-4-5-8-17(15)20(16)18/h4-5,7-10,13,22-23H,6,11-12,14H2,1-3H3/p+2. The van der Waals surface area contributed by atoms with E-state index in [2.05, 4.69) is 43.5 Å². The van der Waals surface area contributed by atoms with E-state index in [0.717, 1.165) is 42.4 Å². The first-order valence-electron chi connectivity index (χ1n) is 9.04. The molecule has 2 aromatic carbocycles. The van der Waals surface area contributed by atoms with Crippen LogP contribution in [0.4, 0.5) is 0 Å². The molecule has 1 heterocycles. The first-order chi connectivity index (χ1) is 11.9. The van der Waals surface area contributed by atoms with E-state index in [-0.39, 0.29) is 11.2 Å². The van der Waals surface area contributed by atoms with Crippen LogP contribution in [-0.2, 0) is 6.54 Å². The van der Waals surface area contributed by atoms with Crippen molar-refractivity contribution in [2.24, 2.45) is 0 Å². The lowest BCUT2D eigenvalue weighted by molar-refractivity contribution is -0.726. The minimum atomic E-state index is -0.271. The van der Waals surface area contributed by atoms with E-state index >= 15 is 0 Å². The Balaban J connectivity index is 1.77. The van der Waals surface area contributed by atoms with Crippen molar-refractivity contribution in [3.8, 4) is 0 Å². The molecule has 0 fully saturated rings. The van der Waals surface area contributed by atoms with Gasteiger partial charge in [0, 0.05) is 23.4 Å². The van der Waals surface area contributed by atoms with Gasteiger partial charge in [0.15, 0.2) is 0 Å². The van der Waals surface area contributed by atoms with Crippen molar-refractivity contribution in [3.05, 3.63) is 58.4 Å². The normalized spacial score (nSPS) is 12.1. The molecular formula is C21H28N2O2+2. The predicted octanol–water partition coefficient (Wildman–Crippen LogP) is 1.76. The van der Waals surface area contributed by atoms with Gasteiger partial charge in [-0.2, -0.15) is 0 Å². The molecule has 0 radical (unpaired) electrons. The van der Waals surface area contributed by atoms with Crippen LogP contribution >= 0.6 is 0 Å². The van der Waals surface area contributed by atoms with Crippen molar-refractivity contribution < 1.29 is 15.1 Å². The Bertz CT molecular complexity index is 922. The molecule has 4 nitrogen and oxygen atoms in total. The number of quaternary nitrogens is 2. The van der Waals surface area contributed by atoms with E-state index in [1.54, 1.807) is 6.07 Å². The molecular weight excluding hydrogens is 312 g/mol. The largest absolute Gasteiger partial charge is 0.423 e. The van der Waals surface area contributed by atoms with E-state index in [0.29, 0.717) is 5.58 Å². The van der Waals surface area contributed by atoms with Gasteiger partial charge in [0.05, 0.1) is 18.6 Å². The van der Waals surface area contributed by atoms with Crippen LogP contribution in [0.25, 0.3) is 21.7 Å². The Morgan fingerprint density at radius 1 is 1.04 bits per heavy atom. The highest BCUT2D eigenvalue weighted by atomic mass is 16.4. The Kier molecular flexibility index (Phi) is 5.21. The summed E-state index contributed by atoms with van der Waals surface area (Å²) in [4.78, 5) is 11.9. The molecule has 0 spiro atoms. The van der Waals surface area contributed by atoms with Crippen molar-refractivity contribution in [1.29, 1.82) is 0 Å². The number of nitrogens with two attached hydrogens (primary N) is 2. The fourth-order valence-electron chi connectivity index (χ4n) is 3.24. The zero-order valence-corrected chi connectivity index (χ0v) is 15.3. The van der Waals surface area contributed by atoms with Gasteiger partial charge in [-0.15, -0.1) is 0 Å². The van der Waals surface area contributed by atoms with E-state index < -0.39 is 0 Å². The van der Waals surface area contributed by atoms with E-state index in [1.807, 2.05) is 24.3 Å². The van der Waals surface area contributed by atoms with Gasteiger partial charge in [0.25, 0.3) is 0 Å². The fourth-order valence-corrected chi connectivity index (χ4v) is 3.24. The van der Waals surface area contributed by atoms with Crippen LogP contribution in [0.5, 0.6) is 0 Å². The van der Waals surface area contributed by atoms with Gasteiger partial charge in [-0.05, 0) is 37.6 Å². The Hall–Kier alpha value is -2.17.